The molecule has 1 aliphatic rings. The fourth-order valence-electron chi connectivity index (χ4n) is 2.80. The first kappa shape index (κ1) is 17.8. The number of hydrogen-bond donors (Lipinski definition) is 1. The van der Waals surface area contributed by atoms with E-state index >= 15 is 0 Å². The van der Waals surface area contributed by atoms with Gasteiger partial charge < -0.3 is 4.74 Å². The van der Waals surface area contributed by atoms with Gasteiger partial charge in [0.25, 0.3) is 5.91 Å². The molecule has 0 aliphatic carbocycles. The van der Waals surface area contributed by atoms with Gasteiger partial charge >= 0.3 is 6.61 Å². The van der Waals surface area contributed by atoms with E-state index in [-0.39, 0.29) is 11.3 Å². The van der Waals surface area contributed by atoms with Crippen molar-refractivity contribution in [1.29, 1.82) is 0 Å². The van der Waals surface area contributed by atoms with Crippen LogP contribution in [0.1, 0.15) is 35.3 Å². The predicted octanol–water partition coefficient (Wildman–Crippen LogP) is 3.98. The molecule has 0 saturated carbocycles. The molecule has 25 heavy (non-hydrogen) atoms. The Balaban J connectivity index is 1.63. The summed E-state index contributed by atoms with van der Waals surface area (Å²) in [6.07, 6.45) is 3.68. The Morgan fingerprint density at radius 3 is 2.80 bits per heavy atom. The maximum absolute atomic E-state index is 12.4. The SMILES string of the molecule is O=C(Nc1nc(CN2CCCCC2)cs1)c1ccccc1OC(F)F. The van der Waals surface area contributed by atoms with Crippen molar-refractivity contribution in [3.63, 3.8) is 0 Å². The van der Waals surface area contributed by atoms with Crippen molar-refractivity contribution in [2.45, 2.75) is 32.4 Å². The number of ether oxygens (including phenoxy) is 1. The van der Waals surface area contributed by atoms with Gasteiger partial charge in [0.1, 0.15) is 5.75 Å². The number of carbonyl (C=O) groups excluding carboxylic acids is 1. The van der Waals surface area contributed by atoms with Crippen LogP contribution < -0.4 is 10.1 Å². The highest BCUT2D eigenvalue weighted by atomic mass is 32.1. The van der Waals surface area contributed by atoms with Crippen molar-refractivity contribution in [3.8, 4) is 5.75 Å². The Hall–Kier alpha value is -2.06. The van der Waals surface area contributed by atoms with E-state index in [0.717, 1.165) is 25.3 Å². The summed E-state index contributed by atoms with van der Waals surface area (Å²) in [5, 5.41) is 5.01. The molecule has 1 aromatic carbocycles. The lowest BCUT2D eigenvalue weighted by Gasteiger charge is -2.25. The number of anilines is 1. The lowest BCUT2D eigenvalue weighted by atomic mass is 10.1. The number of carbonyl (C=O) groups is 1. The van der Waals surface area contributed by atoms with E-state index in [1.54, 1.807) is 6.07 Å². The first-order valence-corrected chi connectivity index (χ1v) is 9.02. The normalized spacial score (nSPS) is 15.3. The molecule has 5 nitrogen and oxygen atoms in total. The van der Waals surface area contributed by atoms with Crippen molar-refractivity contribution in [2.75, 3.05) is 18.4 Å². The van der Waals surface area contributed by atoms with Gasteiger partial charge in [-0.15, -0.1) is 11.3 Å². The number of likely N-dealkylation sites (tertiary alicyclic amines) is 1. The van der Waals surface area contributed by atoms with Crippen LogP contribution in [0, 0.1) is 0 Å². The monoisotopic (exact) mass is 367 g/mol. The summed E-state index contributed by atoms with van der Waals surface area (Å²) in [7, 11) is 0. The molecule has 3 rings (SSSR count). The van der Waals surface area contributed by atoms with Crippen molar-refractivity contribution < 1.29 is 18.3 Å². The number of piperidine rings is 1. The van der Waals surface area contributed by atoms with Gasteiger partial charge in [-0.05, 0) is 38.1 Å². The smallest absolute Gasteiger partial charge is 0.387 e. The first-order chi connectivity index (χ1) is 12.1. The van der Waals surface area contributed by atoms with Gasteiger partial charge in [0.2, 0.25) is 0 Å². The molecule has 134 valence electrons. The largest absolute Gasteiger partial charge is 0.434 e. The molecule has 1 amide bonds. The van der Waals surface area contributed by atoms with E-state index in [1.165, 1.54) is 48.8 Å². The molecule has 0 unspecified atom stereocenters. The summed E-state index contributed by atoms with van der Waals surface area (Å²) in [5.74, 6) is -0.671. The van der Waals surface area contributed by atoms with Crippen LogP contribution in [0.5, 0.6) is 5.75 Å². The molecule has 0 radical (unpaired) electrons. The summed E-state index contributed by atoms with van der Waals surface area (Å²) < 4.78 is 29.3. The van der Waals surface area contributed by atoms with Crippen molar-refractivity contribution in [2.24, 2.45) is 0 Å². The van der Waals surface area contributed by atoms with Gasteiger partial charge in [-0.2, -0.15) is 8.78 Å². The molecule has 2 aromatic rings. The lowest BCUT2D eigenvalue weighted by Crippen LogP contribution is -2.29. The molecule has 0 spiro atoms. The quantitative estimate of drug-likeness (QED) is 0.839. The number of amides is 1. The van der Waals surface area contributed by atoms with Crippen molar-refractivity contribution in [1.82, 2.24) is 9.88 Å². The molecule has 0 atom stereocenters. The average Bonchev–Trinajstić information content (AvgIpc) is 3.02. The minimum Gasteiger partial charge on any atom is -0.434 e. The van der Waals surface area contributed by atoms with Crippen molar-refractivity contribution in [3.05, 3.63) is 40.9 Å². The number of rotatable bonds is 6. The Bertz CT molecular complexity index is 717. The third-order valence-electron chi connectivity index (χ3n) is 3.95. The summed E-state index contributed by atoms with van der Waals surface area (Å²) in [4.78, 5) is 19.1. The third-order valence-corrected chi connectivity index (χ3v) is 4.76. The minimum absolute atomic E-state index is 0.0515. The first-order valence-electron chi connectivity index (χ1n) is 8.14. The number of halogens is 2. The Kier molecular flexibility index (Phi) is 5.93. The minimum atomic E-state index is -2.98. The van der Waals surface area contributed by atoms with Crippen LogP contribution in [0.15, 0.2) is 29.6 Å². The molecular formula is C17H19F2N3O2S. The predicted molar refractivity (Wildman–Crippen MR) is 92.3 cm³/mol. The van der Waals surface area contributed by atoms with Crippen LogP contribution in [0.4, 0.5) is 13.9 Å². The lowest BCUT2D eigenvalue weighted by molar-refractivity contribution is -0.0501. The number of thiazole rings is 1. The summed E-state index contributed by atoms with van der Waals surface area (Å²) >= 11 is 1.32. The van der Waals surface area contributed by atoms with Crippen LogP contribution in [-0.2, 0) is 6.54 Å². The second-order valence-corrected chi connectivity index (χ2v) is 6.67. The van der Waals surface area contributed by atoms with Crippen LogP contribution in [0.2, 0.25) is 0 Å². The van der Waals surface area contributed by atoms with Gasteiger partial charge in [-0.3, -0.25) is 15.0 Å². The Labute approximate surface area is 148 Å². The molecule has 1 aromatic heterocycles. The maximum atomic E-state index is 12.4. The van der Waals surface area contributed by atoms with Crippen LogP contribution in [-0.4, -0.2) is 35.5 Å². The summed E-state index contributed by atoms with van der Waals surface area (Å²) in [6.45, 7) is -0.0861. The number of nitrogens with one attached hydrogen (secondary N) is 1. The summed E-state index contributed by atoms with van der Waals surface area (Å²) in [6, 6.07) is 5.91. The Morgan fingerprint density at radius 2 is 2.04 bits per heavy atom. The maximum Gasteiger partial charge on any atom is 0.387 e. The third kappa shape index (κ3) is 4.96. The van der Waals surface area contributed by atoms with Gasteiger partial charge in [0, 0.05) is 11.9 Å². The van der Waals surface area contributed by atoms with E-state index in [4.69, 9.17) is 0 Å². The van der Waals surface area contributed by atoms with E-state index in [2.05, 4.69) is 19.9 Å². The number of benzene rings is 1. The van der Waals surface area contributed by atoms with Crippen molar-refractivity contribution >= 4 is 22.4 Å². The second kappa shape index (κ2) is 8.35. The topological polar surface area (TPSA) is 54.5 Å². The van der Waals surface area contributed by atoms with E-state index in [9.17, 15) is 13.6 Å². The fourth-order valence-corrected chi connectivity index (χ4v) is 3.50. The number of alkyl halides is 2. The molecule has 0 bridgehead atoms. The highest BCUT2D eigenvalue weighted by molar-refractivity contribution is 7.14. The van der Waals surface area contributed by atoms with Crippen LogP contribution in [0.3, 0.4) is 0 Å². The van der Waals surface area contributed by atoms with E-state index < -0.39 is 12.5 Å². The number of para-hydroxylation sites is 1. The van der Waals surface area contributed by atoms with Gasteiger partial charge in [-0.1, -0.05) is 18.6 Å². The van der Waals surface area contributed by atoms with Gasteiger partial charge in [-0.25, -0.2) is 4.98 Å². The standard InChI is InChI=1S/C17H19F2N3O2S/c18-16(19)24-14-7-3-2-6-13(14)15(23)21-17-20-12(11-25-17)10-22-8-4-1-5-9-22/h2-3,6-7,11,16H,1,4-5,8-10H2,(H,20,21,23). The fraction of sp³-hybridized carbons (Fsp3) is 0.412. The molecule has 2 heterocycles. The van der Waals surface area contributed by atoms with Gasteiger partial charge in [0.05, 0.1) is 11.3 Å². The highest BCUT2D eigenvalue weighted by Crippen LogP contribution is 2.23. The van der Waals surface area contributed by atoms with E-state index in [0.29, 0.717) is 5.13 Å². The number of aromatic nitrogens is 1. The Morgan fingerprint density at radius 1 is 1.28 bits per heavy atom. The average molecular weight is 367 g/mol. The highest BCUT2D eigenvalue weighted by Gasteiger charge is 2.17. The summed E-state index contributed by atoms with van der Waals surface area (Å²) in [5.41, 5.74) is 0.954. The molecule has 1 aliphatic heterocycles. The molecule has 1 saturated heterocycles. The molecule has 1 N–H and O–H groups in total. The molecule has 8 heteroatoms. The zero-order valence-electron chi connectivity index (χ0n) is 13.6. The zero-order chi connectivity index (χ0) is 17.6. The second-order valence-electron chi connectivity index (χ2n) is 5.81. The number of nitrogens with zero attached hydrogens (tertiary/aromatic N) is 2. The van der Waals surface area contributed by atoms with Gasteiger partial charge in [0.15, 0.2) is 5.13 Å². The zero-order valence-corrected chi connectivity index (χ0v) is 14.4. The van der Waals surface area contributed by atoms with E-state index in [1.807, 2.05) is 5.38 Å². The van der Waals surface area contributed by atoms with Crippen LogP contribution in [0.25, 0.3) is 0 Å². The molecular weight excluding hydrogens is 348 g/mol. The van der Waals surface area contributed by atoms with Crippen LogP contribution >= 0.6 is 11.3 Å². The number of hydrogen-bond acceptors (Lipinski definition) is 5. The molecule has 1 fully saturated rings.